The normalized spacial score (nSPS) is 13.8. The summed E-state index contributed by atoms with van der Waals surface area (Å²) in [4.78, 5) is 0. The molecule has 0 radical (unpaired) electrons. The number of alkyl halides is 3. The molecule has 3 aromatic heterocycles. The molecule has 0 aliphatic carbocycles. The molecule has 0 spiro atoms. The maximum Gasteiger partial charge on any atom is 0.432 e. The Morgan fingerprint density at radius 3 is 2.57 bits per heavy atom. The van der Waals surface area contributed by atoms with Gasteiger partial charge in [-0.05, 0) is 45.0 Å². The number of furan rings is 1. The van der Waals surface area contributed by atoms with Gasteiger partial charge >= 0.3 is 6.18 Å². The quantitative estimate of drug-likeness (QED) is 0.642. The number of H-pyrrole nitrogens is 1. The van der Waals surface area contributed by atoms with Gasteiger partial charge in [-0.2, -0.15) is 23.4 Å². The van der Waals surface area contributed by atoms with E-state index in [1.54, 1.807) is 11.6 Å². The molecule has 3 heterocycles. The minimum atomic E-state index is -4.59. The van der Waals surface area contributed by atoms with Crippen LogP contribution in [0.25, 0.3) is 11.5 Å². The average molecular weight is 417 g/mol. The second kappa shape index (κ2) is 7.09. The van der Waals surface area contributed by atoms with Crippen molar-refractivity contribution in [3.63, 3.8) is 0 Å². The zero-order valence-electron chi connectivity index (χ0n) is 15.2. The fourth-order valence-electron chi connectivity index (χ4n) is 2.67. The zero-order chi connectivity index (χ0) is 20.7. The standard InChI is InChI=1S/C16H18F3N5O3S/c1-9-6-11(3)24(22-9)8-10(2)23-28(25,26)15-5-4-13(27-15)12-7-14(21-20-12)16(17,18)19/h4-7,10,23H,8H2,1-3H3,(H,20,21). The van der Waals surface area contributed by atoms with E-state index in [0.717, 1.165) is 23.5 Å². The van der Waals surface area contributed by atoms with Crippen molar-refractivity contribution in [2.45, 2.75) is 44.6 Å². The van der Waals surface area contributed by atoms with Gasteiger partial charge in [0.05, 0.1) is 12.2 Å². The first-order chi connectivity index (χ1) is 13.0. The van der Waals surface area contributed by atoms with E-state index in [-0.39, 0.29) is 11.5 Å². The number of rotatable bonds is 6. The van der Waals surface area contributed by atoms with Gasteiger partial charge in [0, 0.05) is 11.7 Å². The first-order valence-corrected chi connectivity index (χ1v) is 9.70. The summed E-state index contributed by atoms with van der Waals surface area (Å²) in [5.41, 5.74) is 0.507. The average Bonchev–Trinajstić information content (AvgIpc) is 3.26. The Bertz CT molecular complexity index is 1080. The lowest BCUT2D eigenvalue weighted by atomic mass is 10.3. The van der Waals surface area contributed by atoms with Crippen molar-refractivity contribution in [1.29, 1.82) is 0 Å². The number of aromatic nitrogens is 4. The second-order valence-electron chi connectivity index (χ2n) is 6.41. The molecule has 8 nitrogen and oxygen atoms in total. The van der Waals surface area contributed by atoms with Gasteiger partial charge in [-0.25, -0.2) is 13.1 Å². The molecule has 3 aromatic rings. The molecule has 12 heteroatoms. The molecule has 0 fully saturated rings. The minimum absolute atomic E-state index is 0.0988. The summed E-state index contributed by atoms with van der Waals surface area (Å²) in [5, 5.41) is 9.22. The van der Waals surface area contributed by atoms with Gasteiger partial charge in [-0.3, -0.25) is 9.78 Å². The molecule has 0 aliphatic heterocycles. The van der Waals surface area contributed by atoms with E-state index in [1.807, 2.05) is 25.0 Å². The highest BCUT2D eigenvalue weighted by molar-refractivity contribution is 7.89. The molecule has 1 atom stereocenters. The highest BCUT2D eigenvalue weighted by Gasteiger charge is 2.33. The molecule has 0 saturated heterocycles. The van der Waals surface area contributed by atoms with Crippen LogP contribution in [-0.4, -0.2) is 34.4 Å². The Morgan fingerprint density at radius 1 is 1.29 bits per heavy atom. The van der Waals surface area contributed by atoms with E-state index in [1.165, 1.54) is 6.07 Å². The van der Waals surface area contributed by atoms with Crippen LogP contribution >= 0.6 is 0 Å². The molecule has 0 aliphatic rings. The van der Waals surface area contributed by atoms with Crippen molar-refractivity contribution in [2.75, 3.05) is 0 Å². The van der Waals surface area contributed by atoms with E-state index in [2.05, 4.69) is 14.9 Å². The van der Waals surface area contributed by atoms with Crippen LogP contribution in [-0.2, 0) is 22.7 Å². The van der Waals surface area contributed by atoms with Crippen LogP contribution in [0.3, 0.4) is 0 Å². The van der Waals surface area contributed by atoms with Gasteiger partial charge in [0.2, 0.25) is 5.09 Å². The highest BCUT2D eigenvalue weighted by Crippen LogP contribution is 2.31. The Kier molecular flexibility index (Phi) is 5.10. The molecule has 152 valence electrons. The molecule has 3 rings (SSSR count). The summed E-state index contributed by atoms with van der Waals surface area (Å²) >= 11 is 0. The molecular formula is C16H18F3N5O3S. The SMILES string of the molecule is Cc1cc(C)n(CC(C)NS(=O)(=O)c2ccc(-c3cc(C(F)(F)F)[nH]n3)o2)n1. The van der Waals surface area contributed by atoms with E-state index in [9.17, 15) is 21.6 Å². The molecule has 0 saturated carbocycles. The summed E-state index contributed by atoms with van der Waals surface area (Å²) < 4.78 is 72.3. The predicted octanol–water partition coefficient (Wildman–Crippen LogP) is 2.87. The van der Waals surface area contributed by atoms with E-state index >= 15 is 0 Å². The first kappa shape index (κ1) is 20.1. The van der Waals surface area contributed by atoms with Gasteiger partial charge in [0.15, 0.2) is 5.76 Å². The maximum absolute atomic E-state index is 12.6. The van der Waals surface area contributed by atoms with Crippen LogP contribution in [0.2, 0.25) is 0 Å². The number of aryl methyl sites for hydroxylation is 2. The van der Waals surface area contributed by atoms with E-state index in [4.69, 9.17) is 4.42 Å². The van der Waals surface area contributed by atoms with Crippen molar-refractivity contribution >= 4 is 10.0 Å². The van der Waals surface area contributed by atoms with Crippen molar-refractivity contribution in [1.82, 2.24) is 24.7 Å². The summed E-state index contributed by atoms with van der Waals surface area (Å²) in [6.07, 6.45) is -4.59. The Hall–Kier alpha value is -2.60. The topological polar surface area (TPSA) is 106 Å². The van der Waals surface area contributed by atoms with E-state index < -0.39 is 33.0 Å². The van der Waals surface area contributed by atoms with Gasteiger partial charge in [0.25, 0.3) is 10.0 Å². The number of sulfonamides is 1. The third-order valence-electron chi connectivity index (χ3n) is 3.89. The molecule has 0 amide bonds. The van der Waals surface area contributed by atoms with Crippen LogP contribution in [0, 0.1) is 13.8 Å². The Labute approximate surface area is 158 Å². The number of nitrogens with zero attached hydrogens (tertiary/aromatic N) is 3. The summed E-state index contributed by atoms with van der Waals surface area (Å²) in [6.45, 7) is 5.67. The second-order valence-corrected chi connectivity index (χ2v) is 8.06. The van der Waals surface area contributed by atoms with Gasteiger partial charge < -0.3 is 4.42 Å². The maximum atomic E-state index is 12.6. The molecule has 0 bridgehead atoms. The minimum Gasteiger partial charge on any atom is -0.442 e. The first-order valence-electron chi connectivity index (χ1n) is 8.22. The number of hydrogen-bond donors (Lipinski definition) is 2. The highest BCUT2D eigenvalue weighted by atomic mass is 32.2. The summed E-state index contributed by atoms with van der Waals surface area (Å²) in [7, 11) is -4.01. The van der Waals surface area contributed by atoms with Crippen molar-refractivity contribution in [3.05, 3.63) is 41.3 Å². The molecule has 0 aromatic carbocycles. The third-order valence-corrected chi connectivity index (χ3v) is 5.35. The molecule has 28 heavy (non-hydrogen) atoms. The van der Waals surface area contributed by atoms with Crippen molar-refractivity contribution in [3.8, 4) is 11.5 Å². The fraction of sp³-hybridized carbons (Fsp3) is 0.375. The van der Waals surface area contributed by atoms with Crippen LogP contribution < -0.4 is 4.72 Å². The zero-order valence-corrected chi connectivity index (χ0v) is 16.0. The lowest BCUT2D eigenvalue weighted by molar-refractivity contribution is -0.141. The lowest BCUT2D eigenvalue weighted by Crippen LogP contribution is -2.36. The number of nitrogens with one attached hydrogen (secondary N) is 2. The van der Waals surface area contributed by atoms with Crippen LogP contribution in [0.4, 0.5) is 13.2 Å². The van der Waals surface area contributed by atoms with Crippen LogP contribution in [0.1, 0.15) is 24.0 Å². The van der Waals surface area contributed by atoms with Crippen molar-refractivity contribution < 1.29 is 26.0 Å². The largest absolute Gasteiger partial charge is 0.442 e. The Morgan fingerprint density at radius 2 is 2.00 bits per heavy atom. The molecule has 1 unspecified atom stereocenters. The Balaban J connectivity index is 1.74. The monoisotopic (exact) mass is 417 g/mol. The lowest BCUT2D eigenvalue weighted by Gasteiger charge is -2.14. The van der Waals surface area contributed by atoms with Gasteiger partial charge in [0.1, 0.15) is 11.4 Å². The number of hydrogen-bond acceptors (Lipinski definition) is 5. The van der Waals surface area contributed by atoms with Gasteiger partial charge in [-0.1, -0.05) is 0 Å². The number of aromatic amines is 1. The summed E-state index contributed by atoms with van der Waals surface area (Å²) in [5.74, 6) is -0.0988. The third kappa shape index (κ3) is 4.28. The number of halogens is 3. The van der Waals surface area contributed by atoms with E-state index in [0.29, 0.717) is 6.54 Å². The van der Waals surface area contributed by atoms with Crippen LogP contribution in [0.5, 0.6) is 0 Å². The summed E-state index contributed by atoms with van der Waals surface area (Å²) in [6, 6.07) is 4.53. The van der Waals surface area contributed by atoms with Gasteiger partial charge in [-0.15, -0.1) is 0 Å². The molecule has 2 N–H and O–H groups in total. The molecular weight excluding hydrogens is 399 g/mol. The predicted molar refractivity (Wildman–Crippen MR) is 92.8 cm³/mol. The van der Waals surface area contributed by atoms with Crippen molar-refractivity contribution in [2.24, 2.45) is 0 Å². The van der Waals surface area contributed by atoms with Crippen LogP contribution in [0.15, 0.2) is 33.8 Å². The smallest absolute Gasteiger partial charge is 0.432 e. The fourth-order valence-corrected chi connectivity index (χ4v) is 3.84.